The third-order valence-electron chi connectivity index (χ3n) is 3.98. The molecular weight excluding hydrogens is 324 g/mol. The number of benzene rings is 1. The van der Waals surface area contributed by atoms with Crippen molar-refractivity contribution in [3.8, 4) is 11.5 Å². The minimum atomic E-state index is -0.670. The minimum absolute atomic E-state index is 0.182. The van der Waals surface area contributed by atoms with Crippen molar-refractivity contribution in [1.29, 1.82) is 0 Å². The van der Waals surface area contributed by atoms with Gasteiger partial charge in [0.2, 0.25) is 12.7 Å². The van der Waals surface area contributed by atoms with E-state index in [9.17, 15) is 14.4 Å². The molecule has 2 heterocycles. The third kappa shape index (κ3) is 3.35. The minimum Gasteiger partial charge on any atom is -0.454 e. The molecule has 1 saturated heterocycles. The van der Waals surface area contributed by atoms with Crippen LogP contribution in [0.15, 0.2) is 24.3 Å². The monoisotopic (exact) mass is 344 g/mol. The van der Waals surface area contributed by atoms with E-state index >= 15 is 0 Å². The van der Waals surface area contributed by atoms with Gasteiger partial charge in [-0.05, 0) is 23.8 Å². The van der Waals surface area contributed by atoms with Gasteiger partial charge in [0.15, 0.2) is 11.5 Å². The zero-order valence-electron chi connectivity index (χ0n) is 14.4. The molecule has 2 aliphatic rings. The van der Waals surface area contributed by atoms with E-state index in [2.05, 4.69) is 0 Å². The molecule has 7 heteroatoms. The zero-order chi connectivity index (χ0) is 18.2. The summed E-state index contributed by atoms with van der Waals surface area (Å²) < 4.78 is 10.5. The highest BCUT2D eigenvalue weighted by Crippen LogP contribution is 2.32. The molecule has 0 atom stereocenters. The molecule has 0 saturated carbocycles. The van der Waals surface area contributed by atoms with Crippen LogP contribution >= 0.6 is 0 Å². The normalized spacial score (nSPS) is 16.8. The molecule has 0 bridgehead atoms. The second kappa shape index (κ2) is 6.23. The second-order valence-corrected chi connectivity index (χ2v) is 6.93. The smallest absolute Gasteiger partial charge is 0.333 e. The number of fused-ring (bicyclic) bond motifs is 1. The summed E-state index contributed by atoms with van der Waals surface area (Å²) in [7, 11) is 0. The number of imide groups is 2. The number of carbonyl (C=O) groups excluding carboxylic acids is 3. The standard InChI is InChI=1S/C18H20N2O5/c1-18(2,3)16(22)20-9-8-19(17(20)23)15(21)7-5-12-4-6-13-14(10-12)25-11-24-13/h4-7,10H,8-9,11H2,1-3H3/b7-5+. The van der Waals surface area contributed by atoms with Gasteiger partial charge in [0.1, 0.15) is 0 Å². The van der Waals surface area contributed by atoms with Gasteiger partial charge in [0.05, 0.1) is 0 Å². The van der Waals surface area contributed by atoms with Crippen LogP contribution in [0.1, 0.15) is 26.3 Å². The molecule has 0 N–H and O–H groups in total. The molecule has 1 fully saturated rings. The summed E-state index contributed by atoms with van der Waals surface area (Å²) in [6.07, 6.45) is 2.92. The van der Waals surface area contributed by atoms with Crippen molar-refractivity contribution in [3.63, 3.8) is 0 Å². The lowest BCUT2D eigenvalue weighted by Crippen LogP contribution is -2.43. The fraction of sp³-hybridized carbons (Fsp3) is 0.389. The molecule has 0 aromatic heterocycles. The Labute approximate surface area is 145 Å². The van der Waals surface area contributed by atoms with Gasteiger partial charge in [-0.15, -0.1) is 0 Å². The Balaban J connectivity index is 1.68. The van der Waals surface area contributed by atoms with Gasteiger partial charge in [0.25, 0.3) is 5.91 Å². The molecule has 25 heavy (non-hydrogen) atoms. The molecule has 3 rings (SSSR count). The van der Waals surface area contributed by atoms with Crippen molar-refractivity contribution in [1.82, 2.24) is 9.80 Å². The van der Waals surface area contributed by atoms with Crippen LogP contribution in [0, 0.1) is 5.41 Å². The lowest BCUT2D eigenvalue weighted by Gasteiger charge is -2.23. The number of ether oxygens (including phenoxy) is 2. The maximum absolute atomic E-state index is 12.3. The molecule has 0 unspecified atom stereocenters. The fourth-order valence-corrected chi connectivity index (χ4v) is 2.61. The first-order valence-corrected chi connectivity index (χ1v) is 8.02. The highest BCUT2D eigenvalue weighted by molar-refractivity contribution is 6.08. The number of amides is 4. The summed E-state index contributed by atoms with van der Waals surface area (Å²) in [4.78, 5) is 39.1. The van der Waals surface area contributed by atoms with Crippen LogP contribution < -0.4 is 9.47 Å². The first kappa shape index (κ1) is 17.0. The van der Waals surface area contributed by atoms with Crippen LogP contribution in [0.3, 0.4) is 0 Å². The number of nitrogens with zero attached hydrogens (tertiary/aromatic N) is 2. The van der Waals surface area contributed by atoms with Crippen LogP contribution in [0.5, 0.6) is 11.5 Å². The van der Waals surface area contributed by atoms with E-state index in [0.29, 0.717) is 11.5 Å². The SMILES string of the molecule is CC(C)(C)C(=O)N1CCN(C(=O)/C=C/c2ccc3c(c2)OCO3)C1=O. The van der Waals surface area contributed by atoms with Crippen molar-refractivity contribution in [2.24, 2.45) is 5.41 Å². The van der Waals surface area contributed by atoms with Gasteiger partial charge < -0.3 is 9.47 Å². The maximum Gasteiger partial charge on any atom is 0.333 e. The first-order valence-electron chi connectivity index (χ1n) is 8.02. The van der Waals surface area contributed by atoms with Gasteiger partial charge in [-0.1, -0.05) is 26.8 Å². The second-order valence-electron chi connectivity index (χ2n) is 6.93. The maximum atomic E-state index is 12.3. The molecule has 1 aromatic rings. The summed E-state index contributed by atoms with van der Waals surface area (Å²) in [6, 6.07) is 4.74. The van der Waals surface area contributed by atoms with Crippen LogP contribution in [-0.2, 0) is 9.59 Å². The molecule has 1 aromatic carbocycles. The molecule has 132 valence electrons. The molecule has 0 spiro atoms. The number of hydrogen-bond donors (Lipinski definition) is 0. The summed E-state index contributed by atoms with van der Waals surface area (Å²) in [5.74, 6) is 0.544. The topological polar surface area (TPSA) is 76.2 Å². The van der Waals surface area contributed by atoms with E-state index in [1.54, 1.807) is 45.0 Å². The van der Waals surface area contributed by atoms with Gasteiger partial charge in [-0.3, -0.25) is 19.4 Å². The van der Waals surface area contributed by atoms with Crippen molar-refractivity contribution in [2.45, 2.75) is 20.8 Å². The fourth-order valence-electron chi connectivity index (χ4n) is 2.61. The number of urea groups is 1. The molecule has 2 aliphatic heterocycles. The van der Waals surface area contributed by atoms with E-state index in [4.69, 9.17) is 9.47 Å². The Morgan fingerprint density at radius 3 is 2.48 bits per heavy atom. The van der Waals surface area contributed by atoms with Crippen LogP contribution in [0.2, 0.25) is 0 Å². The van der Waals surface area contributed by atoms with Crippen molar-refractivity contribution >= 4 is 23.9 Å². The van der Waals surface area contributed by atoms with Crippen molar-refractivity contribution in [3.05, 3.63) is 29.8 Å². The molecule has 4 amide bonds. The van der Waals surface area contributed by atoms with Crippen LogP contribution in [-0.4, -0.2) is 47.5 Å². The average Bonchev–Trinajstić information content (AvgIpc) is 3.16. The third-order valence-corrected chi connectivity index (χ3v) is 3.98. The molecule has 7 nitrogen and oxygen atoms in total. The molecular formula is C18H20N2O5. The highest BCUT2D eigenvalue weighted by atomic mass is 16.7. The summed E-state index contributed by atoms with van der Waals surface area (Å²) >= 11 is 0. The molecule has 0 aliphatic carbocycles. The predicted octanol–water partition coefficient (Wildman–Crippen LogP) is 2.27. The van der Waals surface area contributed by atoms with E-state index in [1.165, 1.54) is 6.08 Å². The Morgan fingerprint density at radius 2 is 1.76 bits per heavy atom. The van der Waals surface area contributed by atoms with Gasteiger partial charge >= 0.3 is 6.03 Å². The van der Waals surface area contributed by atoms with E-state index in [-0.39, 0.29) is 25.8 Å². The lowest BCUT2D eigenvalue weighted by atomic mass is 9.95. The largest absolute Gasteiger partial charge is 0.454 e. The van der Waals surface area contributed by atoms with Gasteiger partial charge in [-0.25, -0.2) is 4.79 Å². The summed E-state index contributed by atoms with van der Waals surface area (Å²) in [5.41, 5.74) is 0.0868. The quantitative estimate of drug-likeness (QED) is 0.769. The van der Waals surface area contributed by atoms with Crippen molar-refractivity contribution < 1.29 is 23.9 Å². The van der Waals surface area contributed by atoms with Gasteiger partial charge in [-0.2, -0.15) is 0 Å². The van der Waals surface area contributed by atoms with E-state index < -0.39 is 17.4 Å². The van der Waals surface area contributed by atoms with Crippen molar-refractivity contribution in [2.75, 3.05) is 19.9 Å². The van der Waals surface area contributed by atoms with E-state index in [1.807, 2.05) is 0 Å². The number of carbonyl (C=O) groups is 3. The average molecular weight is 344 g/mol. The Kier molecular flexibility index (Phi) is 4.24. The highest BCUT2D eigenvalue weighted by Gasteiger charge is 2.39. The Morgan fingerprint density at radius 1 is 1.08 bits per heavy atom. The first-order chi connectivity index (χ1) is 11.8. The Hall–Kier alpha value is -2.83. The number of rotatable bonds is 2. The predicted molar refractivity (Wildman–Crippen MR) is 89.9 cm³/mol. The van der Waals surface area contributed by atoms with Crippen LogP contribution in [0.25, 0.3) is 6.08 Å². The van der Waals surface area contributed by atoms with Gasteiger partial charge in [0, 0.05) is 24.6 Å². The summed E-state index contributed by atoms with van der Waals surface area (Å²) in [5, 5.41) is 0. The van der Waals surface area contributed by atoms with E-state index in [0.717, 1.165) is 15.4 Å². The zero-order valence-corrected chi connectivity index (χ0v) is 14.4. The number of hydrogen-bond acceptors (Lipinski definition) is 5. The Bertz CT molecular complexity index is 763. The molecule has 0 radical (unpaired) electrons. The van der Waals surface area contributed by atoms with Crippen LogP contribution in [0.4, 0.5) is 4.79 Å². The lowest BCUT2D eigenvalue weighted by molar-refractivity contribution is -0.135. The summed E-state index contributed by atoms with van der Waals surface area (Å²) in [6.45, 7) is 5.83.